The van der Waals surface area contributed by atoms with Gasteiger partial charge in [-0.3, -0.25) is 9.80 Å². The first-order chi connectivity index (χ1) is 6.15. The highest BCUT2D eigenvalue weighted by molar-refractivity contribution is 4.84. The Kier molecular flexibility index (Phi) is 3.71. The third kappa shape index (κ3) is 2.68. The van der Waals surface area contributed by atoms with Gasteiger partial charge in [0.1, 0.15) is 0 Å². The molecule has 2 atom stereocenters. The lowest BCUT2D eigenvalue weighted by Crippen LogP contribution is -2.54. The summed E-state index contributed by atoms with van der Waals surface area (Å²) in [6.45, 7) is 7.62. The molecule has 0 spiro atoms. The molecule has 0 radical (unpaired) electrons. The zero-order valence-corrected chi connectivity index (χ0v) is 8.82. The van der Waals surface area contributed by atoms with E-state index in [9.17, 15) is 0 Å². The molecule has 1 fully saturated rings. The van der Waals surface area contributed by atoms with Crippen LogP contribution in [0, 0.1) is 11.3 Å². The summed E-state index contributed by atoms with van der Waals surface area (Å²) in [5.41, 5.74) is 0. The number of nitrogens with zero attached hydrogens (tertiary/aromatic N) is 3. The first-order valence-corrected chi connectivity index (χ1v) is 4.96. The Hall–Kier alpha value is -0.590. The van der Waals surface area contributed by atoms with Crippen LogP contribution in [0.2, 0.25) is 0 Å². The van der Waals surface area contributed by atoms with E-state index in [1.807, 2.05) is 0 Å². The fraction of sp³-hybridized carbons (Fsp3) is 0.900. The summed E-state index contributed by atoms with van der Waals surface area (Å²) in [7, 11) is 2.18. The fourth-order valence-electron chi connectivity index (χ4n) is 1.90. The van der Waals surface area contributed by atoms with Crippen LogP contribution in [0.4, 0.5) is 0 Å². The molecule has 0 bridgehead atoms. The van der Waals surface area contributed by atoms with E-state index in [1.54, 1.807) is 0 Å². The van der Waals surface area contributed by atoms with Crippen LogP contribution in [0.5, 0.6) is 0 Å². The second-order valence-electron chi connectivity index (χ2n) is 4.03. The van der Waals surface area contributed by atoms with Crippen molar-refractivity contribution in [3.05, 3.63) is 0 Å². The van der Waals surface area contributed by atoms with E-state index in [0.29, 0.717) is 18.5 Å². The van der Waals surface area contributed by atoms with E-state index >= 15 is 0 Å². The van der Waals surface area contributed by atoms with Gasteiger partial charge < -0.3 is 0 Å². The van der Waals surface area contributed by atoms with Crippen molar-refractivity contribution in [2.75, 3.05) is 26.7 Å². The number of hydrogen-bond donors (Lipinski definition) is 0. The van der Waals surface area contributed by atoms with Crippen LogP contribution < -0.4 is 0 Å². The zero-order valence-electron chi connectivity index (χ0n) is 8.82. The lowest BCUT2D eigenvalue weighted by atomic mass is 10.1. The quantitative estimate of drug-likeness (QED) is 0.634. The molecule has 3 nitrogen and oxygen atoms in total. The Bertz CT molecular complexity index is 185. The van der Waals surface area contributed by atoms with Gasteiger partial charge in [-0.1, -0.05) is 0 Å². The standard InChI is InChI=1S/C10H19N3/c1-9-7-13(6-4-5-11)8-10(2)12(9)3/h9-10H,4,6-8H2,1-3H3. The molecule has 1 rings (SSSR count). The molecule has 1 aliphatic heterocycles. The molecule has 3 heteroatoms. The summed E-state index contributed by atoms with van der Waals surface area (Å²) in [6, 6.07) is 3.43. The molecule has 0 aromatic carbocycles. The largest absolute Gasteiger partial charge is 0.299 e. The van der Waals surface area contributed by atoms with E-state index in [1.165, 1.54) is 0 Å². The number of rotatable bonds is 2. The fourth-order valence-corrected chi connectivity index (χ4v) is 1.90. The maximum atomic E-state index is 8.49. The molecular weight excluding hydrogens is 162 g/mol. The number of likely N-dealkylation sites (N-methyl/N-ethyl adjacent to an activating group) is 1. The monoisotopic (exact) mass is 181 g/mol. The van der Waals surface area contributed by atoms with Gasteiger partial charge in [0, 0.05) is 38.1 Å². The first kappa shape index (κ1) is 10.5. The van der Waals surface area contributed by atoms with Crippen molar-refractivity contribution in [2.24, 2.45) is 0 Å². The maximum absolute atomic E-state index is 8.49. The molecular formula is C10H19N3. The van der Waals surface area contributed by atoms with Gasteiger partial charge in [-0.25, -0.2) is 0 Å². The lowest BCUT2D eigenvalue weighted by Gasteiger charge is -2.42. The van der Waals surface area contributed by atoms with Crippen LogP contribution in [-0.2, 0) is 0 Å². The van der Waals surface area contributed by atoms with Crippen molar-refractivity contribution in [3.63, 3.8) is 0 Å². The maximum Gasteiger partial charge on any atom is 0.0635 e. The van der Waals surface area contributed by atoms with Gasteiger partial charge in [0.05, 0.1) is 6.07 Å². The van der Waals surface area contributed by atoms with Gasteiger partial charge in [-0.15, -0.1) is 0 Å². The highest BCUT2D eigenvalue weighted by atomic mass is 15.3. The summed E-state index contributed by atoms with van der Waals surface area (Å²) in [6.07, 6.45) is 0.656. The van der Waals surface area contributed by atoms with Gasteiger partial charge in [0.15, 0.2) is 0 Å². The molecule has 0 saturated carbocycles. The Morgan fingerprint density at radius 2 is 1.85 bits per heavy atom. The van der Waals surface area contributed by atoms with Crippen LogP contribution in [0.25, 0.3) is 0 Å². The van der Waals surface area contributed by atoms with Gasteiger partial charge in [-0.2, -0.15) is 5.26 Å². The normalized spacial score (nSPS) is 31.5. The summed E-state index contributed by atoms with van der Waals surface area (Å²) in [5.74, 6) is 0. The molecule has 1 heterocycles. The molecule has 0 amide bonds. The van der Waals surface area contributed by atoms with Crippen molar-refractivity contribution in [1.82, 2.24) is 9.80 Å². The molecule has 74 valence electrons. The first-order valence-electron chi connectivity index (χ1n) is 4.96. The third-order valence-electron chi connectivity index (χ3n) is 2.98. The van der Waals surface area contributed by atoms with Crippen molar-refractivity contribution in [1.29, 1.82) is 5.26 Å². The summed E-state index contributed by atoms with van der Waals surface area (Å²) < 4.78 is 0. The van der Waals surface area contributed by atoms with E-state index in [2.05, 4.69) is 36.8 Å². The molecule has 13 heavy (non-hydrogen) atoms. The van der Waals surface area contributed by atoms with Crippen molar-refractivity contribution in [3.8, 4) is 6.07 Å². The minimum atomic E-state index is 0.613. The van der Waals surface area contributed by atoms with Crippen LogP contribution in [0.1, 0.15) is 20.3 Å². The Balaban J connectivity index is 2.40. The second-order valence-corrected chi connectivity index (χ2v) is 4.03. The average Bonchev–Trinajstić information content (AvgIpc) is 2.10. The molecule has 1 aliphatic rings. The summed E-state index contributed by atoms with van der Waals surface area (Å²) in [5, 5.41) is 8.49. The molecule has 0 aliphatic carbocycles. The average molecular weight is 181 g/mol. The van der Waals surface area contributed by atoms with E-state index < -0.39 is 0 Å². The minimum Gasteiger partial charge on any atom is -0.299 e. The van der Waals surface area contributed by atoms with Crippen molar-refractivity contribution >= 4 is 0 Å². The molecule has 0 aromatic heterocycles. The second kappa shape index (κ2) is 4.59. The molecule has 1 saturated heterocycles. The van der Waals surface area contributed by atoms with Crippen LogP contribution >= 0.6 is 0 Å². The van der Waals surface area contributed by atoms with Gasteiger partial charge >= 0.3 is 0 Å². The molecule has 0 aromatic rings. The predicted octanol–water partition coefficient (Wildman–Crippen LogP) is 0.924. The van der Waals surface area contributed by atoms with Crippen molar-refractivity contribution in [2.45, 2.75) is 32.4 Å². The van der Waals surface area contributed by atoms with E-state index in [0.717, 1.165) is 19.6 Å². The number of piperazine rings is 1. The van der Waals surface area contributed by atoms with E-state index in [-0.39, 0.29) is 0 Å². The summed E-state index contributed by atoms with van der Waals surface area (Å²) in [4.78, 5) is 4.79. The number of hydrogen-bond acceptors (Lipinski definition) is 3. The molecule has 2 unspecified atom stereocenters. The minimum absolute atomic E-state index is 0.613. The summed E-state index contributed by atoms with van der Waals surface area (Å²) >= 11 is 0. The van der Waals surface area contributed by atoms with Crippen molar-refractivity contribution < 1.29 is 0 Å². The van der Waals surface area contributed by atoms with Gasteiger partial charge in [0.25, 0.3) is 0 Å². The van der Waals surface area contributed by atoms with Crippen LogP contribution in [0.3, 0.4) is 0 Å². The Morgan fingerprint density at radius 3 is 2.31 bits per heavy atom. The van der Waals surface area contributed by atoms with Crippen LogP contribution in [0.15, 0.2) is 0 Å². The smallest absolute Gasteiger partial charge is 0.0635 e. The topological polar surface area (TPSA) is 30.3 Å². The zero-order chi connectivity index (χ0) is 9.84. The lowest BCUT2D eigenvalue weighted by molar-refractivity contribution is 0.0615. The highest BCUT2D eigenvalue weighted by Gasteiger charge is 2.25. The SMILES string of the molecule is CC1CN(CCC#N)CC(C)N1C. The Labute approximate surface area is 80.9 Å². The van der Waals surface area contributed by atoms with Gasteiger partial charge in [-0.05, 0) is 20.9 Å². The number of nitriles is 1. The Morgan fingerprint density at radius 1 is 1.31 bits per heavy atom. The van der Waals surface area contributed by atoms with Crippen LogP contribution in [-0.4, -0.2) is 48.6 Å². The van der Waals surface area contributed by atoms with Gasteiger partial charge in [0.2, 0.25) is 0 Å². The highest BCUT2D eigenvalue weighted by Crippen LogP contribution is 2.12. The predicted molar refractivity (Wildman–Crippen MR) is 53.4 cm³/mol. The third-order valence-corrected chi connectivity index (χ3v) is 2.98. The van der Waals surface area contributed by atoms with E-state index in [4.69, 9.17) is 5.26 Å². The molecule has 0 N–H and O–H groups in total.